The van der Waals surface area contributed by atoms with Crippen LogP contribution in [-0.2, 0) is 10.3 Å². The molecular weight excluding hydrogens is 245 g/mol. The molecule has 3 rings (SSSR count). The third kappa shape index (κ3) is 2.28. The molecule has 1 aromatic heterocycles. The van der Waals surface area contributed by atoms with Crippen LogP contribution >= 0.6 is 0 Å². The van der Waals surface area contributed by atoms with Crippen molar-refractivity contribution in [3.05, 3.63) is 29.8 Å². The lowest BCUT2D eigenvalue weighted by Gasteiger charge is -2.50. The summed E-state index contributed by atoms with van der Waals surface area (Å²) in [6, 6.07) is 2.94. The molecular formula is C15H20FNO2. The van der Waals surface area contributed by atoms with Gasteiger partial charge in [-0.15, -0.1) is 0 Å². The zero-order valence-corrected chi connectivity index (χ0v) is 11.2. The first-order chi connectivity index (χ1) is 9.02. The highest BCUT2D eigenvalue weighted by Crippen LogP contribution is 2.48. The first kappa shape index (κ1) is 13.0. The molecule has 1 aliphatic heterocycles. The maximum absolute atomic E-state index is 12.9. The lowest BCUT2D eigenvalue weighted by molar-refractivity contribution is -0.174. The third-order valence-corrected chi connectivity index (χ3v) is 4.80. The number of aromatic nitrogens is 1. The van der Waals surface area contributed by atoms with Gasteiger partial charge in [-0.25, -0.2) is 4.39 Å². The number of aliphatic hydroxyl groups is 1. The Morgan fingerprint density at radius 2 is 2.26 bits per heavy atom. The van der Waals surface area contributed by atoms with Gasteiger partial charge >= 0.3 is 0 Å². The van der Waals surface area contributed by atoms with Crippen LogP contribution < -0.4 is 0 Å². The Morgan fingerprint density at radius 3 is 2.84 bits per heavy atom. The minimum atomic E-state index is -1.01. The zero-order valence-electron chi connectivity index (χ0n) is 11.2. The van der Waals surface area contributed by atoms with Gasteiger partial charge in [0, 0.05) is 6.61 Å². The molecule has 3 nitrogen and oxygen atoms in total. The van der Waals surface area contributed by atoms with E-state index in [0.717, 1.165) is 25.7 Å². The minimum absolute atomic E-state index is 0.00701. The van der Waals surface area contributed by atoms with Crippen molar-refractivity contribution >= 4 is 0 Å². The Morgan fingerprint density at radius 1 is 1.47 bits per heavy atom. The number of rotatable bonds is 2. The van der Waals surface area contributed by atoms with E-state index in [1.54, 1.807) is 13.0 Å². The fraction of sp³-hybridized carbons (Fsp3) is 0.667. The first-order valence-electron chi connectivity index (χ1n) is 7.00. The molecule has 0 radical (unpaired) electrons. The molecule has 4 heteroatoms. The van der Waals surface area contributed by atoms with E-state index < -0.39 is 5.60 Å². The Labute approximate surface area is 112 Å². The van der Waals surface area contributed by atoms with E-state index in [0.29, 0.717) is 12.3 Å². The molecule has 0 aromatic carbocycles. The van der Waals surface area contributed by atoms with Gasteiger partial charge < -0.3 is 9.84 Å². The predicted octanol–water partition coefficient (Wildman–Crippen LogP) is 2.78. The minimum Gasteiger partial charge on any atom is -0.384 e. The SMILES string of the molecule is CC(O)(c1ccc(F)cn1)C1CCOC2(CCC2)C1. The molecule has 19 heavy (non-hydrogen) atoms. The lowest BCUT2D eigenvalue weighted by Crippen LogP contribution is -2.50. The summed E-state index contributed by atoms with van der Waals surface area (Å²) >= 11 is 0. The van der Waals surface area contributed by atoms with E-state index in [9.17, 15) is 9.50 Å². The summed E-state index contributed by atoms with van der Waals surface area (Å²) < 4.78 is 18.8. The number of pyridine rings is 1. The fourth-order valence-corrected chi connectivity index (χ4v) is 3.31. The van der Waals surface area contributed by atoms with Gasteiger partial charge in [0.1, 0.15) is 11.4 Å². The predicted molar refractivity (Wildman–Crippen MR) is 69.0 cm³/mol. The summed E-state index contributed by atoms with van der Waals surface area (Å²) in [4.78, 5) is 4.05. The van der Waals surface area contributed by atoms with Crippen molar-refractivity contribution in [1.82, 2.24) is 4.98 Å². The maximum atomic E-state index is 12.9. The molecule has 2 heterocycles. The van der Waals surface area contributed by atoms with Crippen LogP contribution in [0.4, 0.5) is 4.39 Å². The molecule has 1 aliphatic carbocycles. The van der Waals surface area contributed by atoms with Crippen molar-refractivity contribution in [3.8, 4) is 0 Å². The molecule has 1 spiro atoms. The van der Waals surface area contributed by atoms with Crippen LogP contribution in [0.25, 0.3) is 0 Å². The van der Waals surface area contributed by atoms with E-state index in [4.69, 9.17) is 4.74 Å². The summed E-state index contributed by atoms with van der Waals surface area (Å²) in [5.74, 6) is -0.249. The molecule has 0 bridgehead atoms. The van der Waals surface area contributed by atoms with Gasteiger partial charge in [0.25, 0.3) is 0 Å². The van der Waals surface area contributed by atoms with Gasteiger partial charge in [-0.1, -0.05) is 0 Å². The van der Waals surface area contributed by atoms with Crippen molar-refractivity contribution in [2.24, 2.45) is 5.92 Å². The number of ether oxygens (including phenoxy) is 1. The molecule has 1 N–H and O–H groups in total. The molecule has 2 atom stereocenters. The van der Waals surface area contributed by atoms with Crippen molar-refractivity contribution in [2.75, 3.05) is 6.61 Å². The van der Waals surface area contributed by atoms with Crippen LogP contribution in [0.15, 0.2) is 18.3 Å². The zero-order chi connectivity index (χ0) is 13.5. The Kier molecular flexibility index (Phi) is 3.10. The van der Waals surface area contributed by atoms with E-state index in [1.807, 2.05) is 0 Å². The van der Waals surface area contributed by atoms with Gasteiger partial charge in [0.05, 0.1) is 17.5 Å². The largest absolute Gasteiger partial charge is 0.384 e. The summed E-state index contributed by atoms with van der Waals surface area (Å²) in [5.41, 5.74) is -0.470. The number of hydrogen-bond acceptors (Lipinski definition) is 3. The van der Waals surface area contributed by atoms with Crippen LogP contribution in [-0.4, -0.2) is 22.3 Å². The molecule has 104 valence electrons. The molecule has 0 amide bonds. The monoisotopic (exact) mass is 265 g/mol. The van der Waals surface area contributed by atoms with Crippen LogP contribution in [0.5, 0.6) is 0 Å². The quantitative estimate of drug-likeness (QED) is 0.894. The van der Waals surface area contributed by atoms with Crippen LogP contribution in [0.1, 0.15) is 44.7 Å². The smallest absolute Gasteiger partial charge is 0.141 e. The maximum Gasteiger partial charge on any atom is 0.141 e. The van der Waals surface area contributed by atoms with E-state index in [1.165, 1.54) is 18.7 Å². The Bertz CT molecular complexity index is 454. The molecule has 1 saturated carbocycles. The van der Waals surface area contributed by atoms with Gasteiger partial charge in [0.15, 0.2) is 0 Å². The second kappa shape index (κ2) is 4.53. The van der Waals surface area contributed by atoms with Crippen LogP contribution in [0.3, 0.4) is 0 Å². The van der Waals surface area contributed by atoms with E-state index in [-0.39, 0.29) is 17.3 Å². The topological polar surface area (TPSA) is 42.4 Å². The highest BCUT2D eigenvalue weighted by atomic mass is 19.1. The van der Waals surface area contributed by atoms with Crippen molar-refractivity contribution in [1.29, 1.82) is 0 Å². The van der Waals surface area contributed by atoms with Gasteiger partial charge in [0.2, 0.25) is 0 Å². The van der Waals surface area contributed by atoms with Crippen molar-refractivity contribution in [3.63, 3.8) is 0 Å². The highest BCUT2D eigenvalue weighted by Gasteiger charge is 2.48. The Balaban J connectivity index is 1.81. The fourth-order valence-electron chi connectivity index (χ4n) is 3.31. The highest BCUT2D eigenvalue weighted by molar-refractivity contribution is 5.15. The average molecular weight is 265 g/mol. The third-order valence-electron chi connectivity index (χ3n) is 4.80. The lowest BCUT2D eigenvalue weighted by atomic mass is 9.67. The van der Waals surface area contributed by atoms with E-state index in [2.05, 4.69) is 4.98 Å². The molecule has 2 fully saturated rings. The van der Waals surface area contributed by atoms with Crippen LogP contribution in [0, 0.1) is 11.7 Å². The average Bonchev–Trinajstić information content (AvgIpc) is 2.37. The summed E-state index contributed by atoms with van der Waals surface area (Å²) in [5, 5.41) is 10.8. The molecule has 1 aromatic rings. The van der Waals surface area contributed by atoms with Crippen LogP contribution in [0.2, 0.25) is 0 Å². The normalized spacial score (nSPS) is 28.7. The second-order valence-corrected chi connectivity index (χ2v) is 6.08. The number of halogens is 1. The van der Waals surface area contributed by atoms with Crippen molar-refractivity contribution < 1.29 is 14.2 Å². The number of hydrogen-bond donors (Lipinski definition) is 1. The summed E-state index contributed by atoms with van der Waals surface area (Å²) in [7, 11) is 0. The molecule has 2 unspecified atom stereocenters. The molecule has 1 saturated heterocycles. The van der Waals surface area contributed by atoms with Crippen molar-refractivity contribution in [2.45, 2.75) is 50.2 Å². The standard InChI is InChI=1S/C15H20FNO2/c1-14(18,13-4-3-12(16)10-17-13)11-5-8-19-15(9-11)6-2-7-15/h3-4,10-11,18H,2,5-9H2,1H3. The Hall–Kier alpha value is -1.00. The van der Waals surface area contributed by atoms with Gasteiger partial charge in [-0.3, -0.25) is 4.98 Å². The van der Waals surface area contributed by atoms with E-state index >= 15 is 0 Å². The summed E-state index contributed by atoms with van der Waals surface area (Å²) in [6.45, 7) is 2.48. The first-order valence-corrected chi connectivity index (χ1v) is 7.00. The molecule has 2 aliphatic rings. The van der Waals surface area contributed by atoms with Gasteiger partial charge in [-0.05, 0) is 57.1 Å². The number of nitrogens with zero attached hydrogens (tertiary/aromatic N) is 1. The van der Waals surface area contributed by atoms with Gasteiger partial charge in [-0.2, -0.15) is 0 Å². The summed E-state index contributed by atoms with van der Waals surface area (Å²) in [6.07, 6.45) is 6.27. The second-order valence-electron chi connectivity index (χ2n) is 6.08.